The van der Waals surface area contributed by atoms with Crippen LogP contribution in [0.2, 0.25) is 5.02 Å². The molecule has 0 fully saturated rings. The van der Waals surface area contributed by atoms with Crippen LogP contribution in [-0.4, -0.2) is 15.7 Å². The number of benzene rings is 2. The number of anilines is 1. The Balaban J connectivity index is 1.69. The Morgan fingerprint density at radius 3 is 2.62 bits per heavy atom. The van der Waals surface area contributed by atoms with E-state index in [-0.39, 0.29) is 5.91 Å². The fourth-order valence-corrected chi connectivity index (χ4v) is 4.03. The SMILES string of the molecule is Cc1ccc(NC(=O)c2cc3c(C)nn(-c4ccccc4)c3s2)cc1Cl. The molecule has 0 spiro atoms. The summed E-state index contributed by atoms with van der Waals surface area (Å²) in [4.78, 5) is 14.3. The van der Waals surface area contributed by atoms with E-state index in [1.165, 1.54) is 11.3 Å². The Hall–Kier alpha value is -2.63. The van der Waals surface area contributed by atoms with E-state index in [1.807, 2.05) is 67.1 Å². The summed E-state index contributed by atoms with van der Waals surface area (Å²) in [6.45, 7) is 3.88. The van der Waals surface area contributed by atoms with Gasteiger partial charge in [-0.05, 0) is 49.7 Å². The van der Waals surface area contributed by atoms with Crippen LogP contribution in [0, 0.1) is 13.8 Å². The largest absolute Gasteiger partial charge is 0.321 e. The third-order valence-corrected chi connectivity index (χ3v) is 5.72. The number of carbonyl (C=O) groups is 1. The minimum Gasteiger partial charge on any atom is -0.321 e. The number of para-hydroxylation sites is 1. The van der Waals surface area contributed by atoms with Crippen molar-refractivity contribution in [2.24, 2.45) is 0 Å². The molecule has 0 aliphatic rings. The number of nitrogens with one attached hydrogen (secondary N) is 1. The van der Waals surface area contributed by atoms with Crippen molar-refractivity contribution in [3.63, 3.8) is 0 Å². The summed E-state index contributed by atoms with van der Waals surface area (Å²) >= 11 is 7.57. The molecule has 1 amide bonds. The third-order valence-electron chi connectivity index (χ3n) is 4.20. The smallest absolute Gasteiger partial charge is 0.265 e. The van der Waals surface area contributed by atoms with Crippen molar-refractivity contribution in [1.29, 1.82) is 0 Å². The van der Waals surface area contributed by atoms with Crippen molar-refractivity contribution in [2.45, 2.75) is 13.8 Å². The van der Waals surface area contributed by atoms with Gasteiger partial charge in [0, 0.05) is 16.1 Å². The van der Waals surface area contributed by atoms with Crippen LogP contribution < -0.4 is 5.32 Å². The first-order valence-electron chi connectivity index (χ1n) is 8.15. The van der Waals surface area contributed by atoms with E-state index in [0.717, 1.165) is 27.2 Å². The first kappa shape index (κ1) is 16.8. The lowest BCUT2D eigenvalue weighted by Gasteiger charge is -2.05. The lowest BCUT2D eigenvalue weighted by atomic mass is 10.2. The molecular formula is C20H16ClN3OS. The summed E-state index contributed by atoms with van der Waals surface area (Å²) < 4.78 is 1.88. The molecule has 0 saturated heterocycles. The van der Waals surface area contributed by atoms with Gasteiger partial charge in [0.1, 0.15) is 4.83 Å². The number of aryl methyl sites for hydroxylation is 2. The summed E-state index contributed by atoms with van der Waals surface area (Å²) in [5.41, 5.74) is 3.54. The van der Waals surface area contributed by atoms with Crippen molar-refractivity contribution < 1.29 is 4.79 Å². The fourth-order valence-electron chi connectivity index (χ4n) is 2.77. The van der Waals surface area contributed by atoms with Crippen molar-refractivity contribution in [2.75, 3.05) is 5.32 Å². The molecule has 1 N–H and O–H groups in total. The molecule has 26 heavy (non-hydrogen) atoms. The van der Waals surface area contributed by atoms with E-state index < -0.39 is 0 Å². The Morgan fingerprint density at radius 2 is 1.88 bits per heavy atom. The second kappa shape index (κ2) is 6.59. The van der Waals surface area contributed by atoms with Gasteiger partial charge in [0.15, 0.2) is 0 Å². The van der Waals surface area contributed by atoms with Crippen molar-refractivity contribution in [3.8, 4) is 5.69 Å². The molecule has 0 radical (unpaired) electrons. The number of thiophene rings is 1. The molecule has 4 nitrogen and oxygen atoms in total. The van der Waals surface area contributed by atoms with Crippen LogP contribution in [0.15, 0.2) is 54.6 Å². The number of rotatable bonds is 3. The van der Waals surface area contributed by atoms with Crippen LogP contribution in [0.3, 0.4) is 0 Å². The number of carbonyl (C=O) groups excluding carboxylic acids is 1. The molecule has 4 rings (SSSR count). The summed E-state index contributed by atoms with van der Waals surface area (Å²) in [6.07, 6.45) is 0. The molecule has 2 heterocycles. The lowest BCUT2D eigenvalue weighted by molar-refractivity contribution is 0.103. The van der Waals surface area contributed by atoms with Gasteiger partial charge in [0.05, 0.1) is 16.3 Å². The molecule has 0 saturated carbocycles. The van der Waals surface area contributed by atoms with Crippen LogP contribution in [0.25, 0.3) is 15.9 Å². The zero-order chi connectivity index (χ0) is 18.3. The Bertz CT molecular complexity index is 1120. The zero-order valence-corrected chi connectivity index (χ0v) is 15.9. The first-order chi connectivity index (χ1) is 12.5. The molecule has 130 valence electrons. The van der Waals surface area contributed by atoms with E-state index >= 15 is 0 Å². The van der Waals surface area contributed by atoms with Crippen LogP contribution in [0.1, 0.15) is 20.9 Å². The Labute approximate surface area is 160 Å². The quantitative estimate of drug-likeness (QED) is 0.501. The molecule has 4 aromatic rings. The molecule has 0 aliphatic heterocycles. The van der Waals surface area contributed by atoms with Gasteiger partial charge in [-0.3, -0.25) is 4.79 Å². The zero-order valence-electron chi connectivity index (χ0n) is 14.3. The predicted molar refractivity (Wildman–Crippen MR) is 108 cm³/mol. The van der Waals surface area contributed by atoms with Crippen molar-refractivity contribution in [3.05, 3.63) is 75.8 Å². The Kier molecular flexibility index (Phi) is 4.26. The topological polar surface area (TPSA) is 46.9 Å². The number of halogens is 1. The number of nitrogens with zero attached hydrogens (tertiary/aromatic N) is 2. The number of fused-ring (bicyclic) bond motifs is 1. The number of hydrogen-bond acceptors (Lipinski definition) is 3. The van der Waals surface area contributed by atoms with Crippen molar-refractivity contribution >= 4 is 44.7 Å². The average molecular weight is 382 g/mol. The maximum atomic E-state index is 12.7. The number of amides is 1. The van der Waals surface area contributed by atoms with E-state index in [2.05, 4.69) is 10.4 Å². The fraction of sp³-hybridized carbons (Fsp3) is 0.100. The number of aromatic nitrogens is 2. The molecule has 0 aliphatic carbocycles. The van der Waals surface area contributed by atoms with Gasteiger partial charge in [-0.15, -0.1) is 11.3 Å². The van der Waals surface area contributed by atoms with Crippen LogP contribution in [-0.2, 0) is 0 Å². The van der Waals surface area contributed by atoms with Crippen LogP contribution in [0.4, 0.5) is 5.69 Å². The molecule has 0 unspecified atom stereocenters. The highest BCUT2D eigenvalue weighted by Gasteiger charge is 2.17. The second-order valence-electron chi connectivity index (χ2n) is 6.08. The average Bonchev–Trinajstić information content (AvgIpc) is 3.20. The van der Waals surface area contributed by atoms with E-state index in [0.29, 0.717) is 15.6 Å². The number of hydrogen-bond donors (Lipinski definition) is 1. The molecule has 2 aromatic heterocycles. The second-order valence-corrected chi connectivity index (χ2v) is 7.52. The minimum atomic E-state index is -0.148. The van der Waals surface area contributed by atoms with Crippen LogP contribution >= 0.6 is 22.9 Å². The van der Waals surface area contributed by atoms with Gasteiger partial charge < -0.3 is 5.32 Å². The summed E-state index contributed by atoms with van der Waals surface area (Å²) in [5.74, 6) is -0.148. The van der Waals surface area contributed by atoms with Gasteiger partial charge in [0.2, 0.25) is 0 Å². The summed E-state index contributed by atoms with van der Waals surface area (Å²) in [7, 11) is 0. The van der Waals surface area contributed by atoms with E-state index in [1.54, 1.807) is 6.07 Å². The van der Waals surface area contributed by atoms with Crippen LogP contribution in [0.5, 0.6) is 0 Å². The molecule has 0 bridgehead atoms. The summed E-state index contributed by atoms with van der Waals surface area (Å²) in [6, 6.07) is 17.3. The monoisotopic (exact) mass is 381 g/mol. The van der Waals surface area contributed by atoms with Gasteiger partial charge in [-0.1, -0.05) is 35.9 Å². The highest BCUT2D eigenvalue weighted by Crippen LogP contribution is 2.31. The lowest BCUT2D eigenvalue weighted by Crippen LogP contribution is -2.10. The third kappa shape index (κ3) is 3.00. The maximum absolute atomic E-state index is 12.7. The molecule has 2 aromatic carbocycles. The minimum absolute atomic E-state index is 0.148. The maximum Gasteiger partial charge on any atom is 0.265 e. The van der Waals surface area contributed by atoms with E-state index in [9.17, 15) is 4.79 Å². The van der Waals surface area contributed by atoms with Gasteiger partial charge >= 0.3 is 0 Å². The highest BCUT2D eigenvalue weighted by atomic mass is 35.5. The molecule has 0 atom stereocenters. The van der Waals surface area contributed by atoms with Crippen molar-refractivity contribution in [1.82, 2.24) is 9.78 Å². The van der Waals surface area contributed by atoms with Gasteiger partial charge in [-0.2, -0.15) is 5.10 Å². The summed E-state index contributed by atoms with van der Waals surface area (Å²) in [5, 5.41) is 9.14. The van der Waals surface area contributed by atoms with E-state index in [4.69, 9.17) is 11.6 Å². The molecule has 6 heteroatoms. The normalized spacial score (nSPS) is 11.0. The standard InChI is InChI=1S/C20H16ClN3OS/c1-12-8-9-14(10-17(12)21)22-19(25)18-11-16-13(2)23-24(20(16)26-18)15-6-4-3-5-7-15/h3-11H,1-2H3,(H,22,25). The van der Waals surface area contributed by atoms with Gasteiger partial charge in [-0.25, -0.2) is 4.68 Å². The Morgan fingerprint density at radius 1 is 1.12 bits per heavy atom. The first-order valence-corrected chi connectivity index (χ1v) is 9.34. The highest BCUT2D eigenvalue weighted by molar-refractivity contribution is 7.20. The predicted octanol–water partition coefficient (Wildman–Crippen LogP) is 5.61. The van der Waals surface area contributed by atoms with Gasteiger partial charge in [0.25, 0.3) is 5.91 Å². The molecular weight excluding hydrogens is 366 g/mol.